The summed E-state index contributed by atoms with van der Waals surface area (Å²) in [6, 6.07) is 5.68. The largest absolute Gasteiger partial charge is 0.293 e. The Kier molecular flexibility index (Phi) is 3.93. The van der Waals surface area contributed by atoms with E-state index in [9.17, 15) is 4.79 Å². The van der Waals surface area contributed by atoms with Crippen molar-refractivity contribution in [1.82, 2.24) is 0 Å². The molecule has 1 unspecified atom stereocenters. The van der Waals surface area contributed by atoms with Gasteiger partial charge in [0, 0.05) is 5.56 Å². The van der Waals surface area contributed by atoms with E-state index in [0.29, 0.717) is 10.6 Å². The Morgan fingerprint density at radius 2 is 2.25 bits per heavy atom. The molecule has 1 aliphatic rings. The maximum absolute atomic E-state index is 12.3. The van der Waals surface area contributed by atoms with Crippen molar-refractivity contribution in [3.05, 3.63) is 34.3 Å². The summed E-state index contributed by atoms with van der Waals surface area (Å²) in [7, 11) is 0. The van der Waals surface area contributed by atoms with Gasteiger partial charge >= 0.3 is 0 Å². The molecule has 2 rings (SSSR count). The van der Waals surface area contributed by atoms with Crippen LogP contribution in [0.5, 0.6) is 0 Å². The molecule has 1 fully saturated rings. The van der Waals surface area contributed by atoms with Crippen LogP contribution in [0.4, 0.5) is 0 Å². The highest BCUT2D eigenvalue weighted by atomic mass is 35.5. The second kappa shape index (κ2) is 5.24. The van der Waals surface area contributed by atoms with Gasteiger partial charge in [-0.15, -0.1) is 0 Å². The first-order chi connectivity index (χ1) is 7.70. The minimum absolute atomic E-state index is 0.119. The van der Waals surface area contributed by atoms with Crippen LogP contribution in [0, 0.1) is 6.92 Å². The van der Waals surface area contributed by atoms with E-state index < -0.39 is 0 Å². The zero-order valence-electron chi connectivity index (χ0n) is 9.33. The first kappa shape index (κ1) is 12.0. The number of Topliss-reactive ketones (excluding diaryl/α,β-unsaturated/α-hetero) is 1. The predicted octanol–water partition coefficient (Wildman–Crippen LogP) is 4.12. The molecule has 0 saturated carbocycles. The monoisotopic (exact) mass is 254 g/mol. The van der Waals surface area contributed by atoms with Crippen molar-refractivity contribution in [2.24, 2.45) is 0 Å². The summed E-state index contributed by atoms with van der Waals surface area (Å²) < 4.78 is 0. The van der Waals surface area contributed by atoms with E-state index in [0.717, 1.165) is 24.2 Å². The number of hydrogen-bond acceptors (Lipinski definition) is 2. The zero-order valence-corrected chi connectivity index (χ0v) is 10.9. The van der Waals surface area contributed by atoms with Crippen LogP contribution in [0.25, 0.3) is 0 Å². The lowest BCUT2D eigenvalue weighted by atomic mass is 10.0. The van der Waals surface area contributed by atoms with Crippen molar-refractivity contribution < 1.29 is 4.79 Å². The molecule has 0 amide bonds. The number of rotatable bonds is 2. The van der Waals surface area contributed by atoms with Crippen LogP contribution in [0.1, 0.15) is 35.2 Å². The topological polar surface area (TPSA) is 17.1 Å². The maximum Gasteiger partial charge on any atom is 0.177 e. The number of carbonyl (C=O) groups excluding carboxylic acids is 1. The molecule has 86 valence electrons. The SMILES string of the molecule is Cc1cccc(C(=O)C2CCCCS2)c1Cl. The summed E-state index contributed by atoms with van der Waals surface area (Å²) in [5, 5.41) is 0.742. The number of hydrogen-bond donors (Lipinski definition) is 0. The van der Waals surface area contributed by atoms with Gasteiger partial charge in [-0.1, -0.05) is 30.2 Å². The fourth-order valence-corrected chi connectivity index (χ4v) is 3.44. The van der Waals surface area contributed by atoms with E-state index in [2.05, 4.69) is 0 Å². The Morgan fingerprint density at radius 1 is 1.44 bits per heavy atom. The molecule has 3 heteroatoms. The molecule has 1 nitrogen and oxygen atoms in total. The van der Waals surface area contributed by atoms with Crippen molar-refractivity contribution in [2.45, 2.75) is 31.4 Å². The van der Waals surface area contributed by atoms with Gasteiger partial charge in [-0.25, -0.2) is 0 Å². The fraction of sp³-hybridized carbons (Fsp3) is 0.462. The van der Waals surface area contributed by atoms with Crippen molar-refractivity contribution >= 4 is 29.1 Å². The van der Waals surface area contributed by atoms with Gasteiger partial charge in [0.25, 0.3) is 0 Å². The zero-order chi connectivity index (χ0) is 11.5. The highest BCUT2D eigenvalue weighted by molar-refractivity contribution is 8.00. The average Bonchev–Trinajstić information content (AvgIpc) is 2.33. The Bertz CT molecular complexity index is 397. The Morgan fingerprint density at radius 3 is 2.94 bits per heavy atom. The van der Waals surface area contributed by atoms with E-state index in [1.165, 1.54) is 6.42 Å². The van der Waals surface area contributed by atoms with Crippen LogP contribution < -0.4 is 0 Å². The molecule has 0 radical (unpaired) electrons. The van der Waals surface area contributed by atoms with Gasteiger partial charge in [-0.2, -0.15) is 11.8 Å². The lowest BCUT2D eigenvalue weighted by Crippen LogP contribution is -2.21. The number of carbonyl (C=O) groups is 1. The average molecular weight is 255 g/mol. The van der Waals surface area contributed by atoms with Crippen LogP contribution in [0.3, 0.4) is 0 Å². The third kappa shape index (κ3) is 2.44. The third-order valence-electron chi connectivity index (χ3n) is 2.93. The lowest BCUT2D eigenvalue weighted by molar-refractivity contribution is 0.0985. The van der Waals surface area contributed by atoms with E-state index >= 15 is 0 Å². The van der Waals surface area contributed by atoms with E-state index in [4.69, 9.17) is 11.6 Å². The normalized spacial score (nSPS) is 20.8. The summed E-state index contributed by atoms with van der Waals surface area (Å²) in [6.45, 7) is 1.94. The molecule has 0 spiro atoms. The first-order valence-corrected chi connectivity index (χ1v) is 7.04. The standard InChI is InChI=1S/C13H15ClOS/c1-9-5-4-6-10(12(9)14)13(15)11-7-2-3-8-16-11/h4-6,11H,2-3,7-8H2,1H3. The van der Waals surface area contributed by atoms with Crippen molar-refractivity contribution in [3.63, 3.8) is 0 Å². The summed E-state index contributed by atoms with van der Waals surface area (Å²) in [4.78, 5) is 12.3. The first-order valence-electron chi connectivity index (χ1n) is 5.61. The van der Waals surface area contributed by atoms with Gasteiger partial charge in [0.1, 0.15) is 0 Å². The second-order valence-electron chi connectivity index (χ2n) is 4.16. The molecule has 1 aromatic rings. The predicted molar refractivity (Wildman–Crippen MR) is 70.6 cm³/mol. The maximum atomic E-state index is 12.3. The molecular weight excluding hydrogens is 240 g/mol. The molecule has 1 heterocycles. The quantitative estimate of drug-likeness (QED) is 0.739. The van der Waals surface area contributed by atoms with Crippen LogP contribution >= 0.6 is 23.4 Å². The molecule has 0 N–H and O–H groups in total. The molecule has 0 aliphatic carbocycles. The Hall–Kier alpha value is -0.470. The third-order valence-corrected chi connectivity index (χ3v) is 4.81. The molecule has 0 aromatic heterocycles. The van der Waals surface area contributed by atoms with E-state index in [1.807, 2.05) is 25.1 Å². The molecule has 1 saturated heterocycles. The number of ketones is 1. The van der Waals surface area contributed by atoms with Gasteiger partial charge in [0.15, 0.2) is 5.78 Å². The number of halogens is 1. The Labute approximate surface area is 106 Å². The van der Waals surface area contributed by atoms with Crippen LogP contribution in [-0.4, -0.2) is 16.8 Å². The summed E-state index contributed by atoms with van der Waals surface area (Å²) in [5.41, 5.74) is 1.68. The van der Waals surface area contributed by atoms with Gasteiger partial charge < -0.3 is 0 Å². The Balaban J connectivity index is 2.22. The van der Waals surface area contributed by atoms with Crippen LogP contribution in [0.15, 0.2) is 18.2 Å². The summed E-state index contributed by atoms with van der Waals surface area (Å²) in [6.07, 6.45) is 3.39. The van der Waals surface area contributed by atoms with Gasteiger partial charge in [0.2, 0.25) is 0 Å². The minimum atomic E-state index is 0.119. The van der Waals surface area contributed by atoms with Crippen molar-refractivity contribution in [3.8, 4) is 0 Å². The van der Waals surface area contributed by atoms with Gasteiger partial charge in [0.05, 0.1) is 10.3 Å². The highest BCUT2D eigenvalue weighted by Gasteiger charge is 2.24. The van der Waals surface area contributed by atoms with Crippen LogP contribution in [0.2, 0.25) is 5.02 Å². The number of benzene rings is 1. The smallest absolute Gasteiger partial charge is 0.177 e. The molecule has 0 bridgehead atoms. The van der Waals surface area contributed by atoms with Crippen LogP contribution in [-0.2, 0) is 0 Å². The summed E-state index contributed by atoms with van der Waals surface area (Å²) >= 11 is 7.95. The molecule has 1 aromatic carbocycles. The van der Waals surface area contributed by atoms with Gasteiger partial charge in [-0.05, 0) is 37.1 Å². The minimum Gasteiger partial charge on any atom is -0.293 e. The van der Waals surface area contributed by atoms with Crippen molar-refractivity contribution in [2.75, 3.05) is 5.75 Å². The fourth-order valence-electron chi connectivity index (χ4n) is 1.96. The molecular formula is C13H15ClOS. The van der Waals surface area contributed by atoms with Crippen molar-refractivity contribution in [1.29, 1.82) is 0 Å². The molecule has 16 heavy (non-hydrogen) atoms. The molecule has 1 aliphatic heterocycles. The lowest BCUT2D eigenvalue weighted by Gasteiger charge is -2.20. The van der Waals surface area contributed by atoms with E-state index in [-0.39, 0.29) is 11.0 Å². The number of thioether (sulfide) groups is 1. The highest BCUT2D eigenvalue weighted by Crippen LogP contribution is 2.30. The van der Waals surface area contributed by atoms with Gasteiger partial charge in [-0.3, -0.25) is 4.79 Å². The second-order valence-corrected chi connectivity index (χ2v) is 5.84. The molecule has 1 atom stereocenters. The summed E-state index contributed by atoms with van der Waals surface area (Å²) in [5.74, 6) is 1.30. The number of aryl methyl sites for hydroxylation is 1. The van der Waals surface area contributed by atoms with E-state index in [1.54, 1.807) is 11.8 Å².